The zero-order valence-corrected chi connectivity index (χ0v) is 16.6. The van der Waals surface area contributed by atoms with E-state index in [1.807, 2.05) is 24.3 Å². The summed E-state index contributed by atoms with van der Waals surface area (Å²) < 4.78 is 0. The van der Waals surface area contributed by atoms with Crippen LogP contribution in [0.3, 0.4) is 0 Å². The highest BCUT2D eigenvalue weighted by atomic mass is 35.5. The van der Waals surface area contributed by atoms with Crippen LogP contribution in [0, 0.1) is 0 Å². The third-order valence-corrected chi connectivity index (χ3v) is 6.38. The van der Waals surface area contributed by atoms with Crippen LogP contribution >= 0.6 is 23.2 Å². The van der Waals surface area contributed by atoms with Crippen LogP contribution in [-0.4, -0.2) is 39.3 Å². The molecule has 3 heterocycles. The highest BCUT2D eigenvalue weighted by Gasteiger charge is 2.52. The summed E-state index contributed by atoms with van der Waals surface area (Å²) in [6.07, 6.45) is 0.471. The molecule has 2 aliphatic rings. The third kappa shape index (κ3) is 2.26. The first kappa shape index (κ1) is 17.6. The molecule has 28 heavy (non-hydrogen) atoms. The van der Waals surface area contributed by atoms with E-state index in [0.717, 1.165) is 22.2 Å². The van der Waals surface area contributed by atoms with Crippen LogP contribution in [0.25, 0.3) is 10.9 Å². The first-order valence-corrected chi connectivity index (χ1v) is 9.95. The normalized spacial score (nSPS) is 21.4. The molecule has 0 unspecified atom stereocenters. The van der Waals surface area contributed by atoms with Gasteiger partial charge in [0, 0.05) is 45.2 Å². The molecule has 0 bridgehead atoms. The van der Waals surface area contributed by atoms with Gasteiger partial charge in [-0.1, -0.05) is 47.5 Å². The first-order valence-electron chi connectivity index (χ1n) is 9.20. The first-order chi connectivity index (χ1) is 13.5. The number of para-hydroxylation sites is 1. The molecule has 3 aromatic rings. The number of hydrogen-bond donors (Lipinski definition) is 1. The molecule has 1 N–H and O–H groups in total. The van der Waals surface area contributed by atoms with E-state index >= 15 is 0 Å². The van der Waals surface area contributed by atoms with Crippen LogP contribution in [0.5, 0.6) is 0 Å². The average Bonchev–Trinajstić information content (AvgIpc) is 3.16. The standard InChI is InChI=1S/C21H17Cl2N3O2/c1-2-25-20(27)16-10-12-11-6-3-4-9-15(11)24-18(12)19(26(16)21(25)28)17-13(22)7-5-8-14(17)23/h3-9,16,19,24H,2,10H2,1H3/t16-,19-/m0/s1. The summed E-state index contributed by atoms with van der Waals surface area (Å²) in [4.78, 5) is 32.5. The van der Waals surface area contributed by atoms with Crippen LogP contribution in [0.1, 0.15) is 29.8 Å². The van der Waals surface area contributed by atoms with Crippen molar-refractivity contribution >= 4 is 46.0 Å². The van der Waals surface area contributed by atoms with Crippen molar-refractivity contribution in [1.29, 1.82) is 0 Å². The van der Waals surface area contributed by atoms with Crippen molar-refractivity contribution in [1.82, 2.24) is 14.8 Å². The second-order valence-corrected chi connectivity index (χ2v) is 7.91. The lowest BCUT2D eigenvalue weighted by molar-refractivity contribution is -0.128. The molecule has 0 aliphatic carbocycles. The molecule has 1 saturated heterocycles. The van der Waals surface area contributed by atoms with Crippen LogP contribution < -0.4 is 0 Å². The number of nitrogens with one attached hydrogen (secondary N) is 1. The van der Waals surface area contributed by atoms with Crippen LogP contribution in [0.4, 0.5) is 4.79 Å². The van der Waals surface area contributed by atoms with Gasteiger partial charge < -0.3 is 4.98 Å². The van der Waals surface area contributed by atoms with Crippen molar-refractivity contribution in [2.45, 2.75) is 25.4 Å². The molecule has 0 saturated carbocycles. The van der Waals surface area contributed by atoms with Gasteiger partial charge in [-0.3, -0.25) is 14.6 Å². The van der Waals surface area contributed by atoms with E-state index in [0.29, 0.717) is 28.6 Å². The maximum absolute atomic E-state index is 13.1. The molecule has 0 radical (unpaired) electrons. The maximum atomic E-state index is 13.1. The zero-order chi connectivity index (χ0) is 19.6. The van der Waals surface area contributed by atoms with E-state index in [9.17, 15) is 9.59 Å². The fraction of sp³-hybridized carbons (Fsp3) is 0.238. The monoisotopic (exact) mass is 413 g/mol. The summed E-state index contributed by atoms with van der Waals surface area (Å²) >= 11 is 13.1. The Morgan fingerprint density at radius 3 is 2.50 bits per heavy atom. The number of fused-ring (bicyclic) bond motifs is 4. The van der Waals surface area contributed by atoms with Gasteiger partial charge in [0.25, 0.3) is 5.91 Å². The molecule has 0 spiro atoms. The molecule has 7 heteroatoms. The number of likely N-dealkylation sites (N-methyl/N-ethyl adjacent to an activating group) is 1. The lowest BCUT2D eigenvalue weighted by Crippen LogP contribution is -2.44. The Balaban J connectivity index is 1.81. The highest BCUT2D eigenvalue weighted by molar-refractivity contribution is 6.36. The molecule has 5 nitrogen and oxygen atoms in total. The van der Waals surface area contributed by atoms with Crippen molar-refractivity contribution in [3.63, 3.8) is 0 Å². The second-order valence-electron chi connectivity index (χ2n) is 7.09. The van der Waals surface area contributed by atoms with Gasteiger partial charge in [-0.05, 0) is 30.7 Å². The molecular formula is C21H17Cl2N3O2. The van der Waals surface area contributed by atoms with Crippen molar-refractivity contribution in [3.8, 4) is 0 Å². The SMILES string of the molecule is CCN1C(=O)[C@@H]2Cc3c([nH]c4ccccc34)[C@H](c3c(Cl)cccc3Cl)N2C1=O. The number of aromatic amines is 1. The van der Waals surface area contributed by atoms with Crippen LogP contribution in [0.2, 0.25) is 10.0 Å². The molecule has 2 atom stereocenters. The van der Waals surface area contributed by atoms with Gasteiger partial charge in [0.2, 0.25) is 0 Å². The number of amides is 3. The molecule has 5 rings (SSSR count). The van der Waals surface area contributed by atoms with Crippen LogP contribution in [0.15, 0.2) is 42.5 Å². The van der Waals surface area contributed by atoms with E-state index in [-0.39, 0.29) is 11.9 Å². The molecule has 142 valence electrons. The summed E-state index contributed by atoms with van der Waals surface area (Å²) in [5, 5.41) is 2.00. The summed E-state index contributed by atoms with van der Waals surface area (Å²) in [6, 6.07) is 11.8. The number of imide groups is 1. The van der Waals surface area contributed by atoms with E-state index in [4.69, 9.17) is 23.2 Å². The molecule has 1 fully saturated rings. The van der Waals surface area contributed by atoms with Gasteiger partial charge in [0.1, 0.15) is 12.1 Å². The van der Waals surface area contributed by atoms with Gasteiger partial charge in [-0.15, -0.1) is 0 Å². The number of rotatable bonds is 2. The largest absolute Gasteiger partial charge is 0.356 e. The third-order valence-electron chi connectivity index (χ3n) is 5.72. The van der Waals surface area contributed by atoms with E-state index in [1.165, 1.54) is 4.90 Å². The number of carbonyl (C=O) groups is 2. The van der Waals surface area contributed by atoms with Crippen molar-refractivity contribution in [3.05, 3.63) is 69.3 Å². The van der Waals surface area contributed by atoms with Crippen molar-refractivity contribution in [2.75, 3.05) is 6.54 Å². The maximum Gasteiger partial charge on any atom is 0.328 e. The smallest absolute Gasteiger partial charge is 0.328 e. The molecular weight excluding hydrogens is 397 g/mol. The van der Waals surface area contributed by atoms with Crippen LogP contribution in [-0.2, 0) is 11.2 Å². The predicted molar refractivity (Wildman–Crippen MR) is 109 cm³/mol. The van der Waals surface area contributed by atoms with Gasteiger partial charge >= 0.3 is 6.03 Å². The van der Waals surface area contributed by atoms with E-state index in [2.05, 4.69) is 4.98 Å². The number of carbonyl (C=O) groups excluding carboxylic acids is 2. The number of H-pyrrole nitrogens is 1. The van der Waals surface area contributed by atoms with Crippen molar-refractivity contribution in [2.24, 2.45) is 0 Å². The minimum Gasteiger partial charge on any atom is -0.356 e. The van der Waals surface area contributed by atoms with E-state index < -0.39 is 12.1 Å². The highest BCUT2D eigenvalue weighted by Crippen LogP contribution is 2.47. The Bertz CT molecular complexity index is 1120. The summed E-state index contributed by atoms with van der Waals surface area (Å²) in [6.45, 7) is 2.14. The minimum absolute atomic E-state index is 0.170. The lowest BCUT2D eigenvalue weighted by atomic mass is 9.89. The Hall–Kier alpha value is -2.50. The molecule has 3 amide bonds. The average molecular weight is 414 g/mol. The number of aromatic nitrogens is 1. The van der Waals surface area contributed by atoms with E-state index in [1.54, 1.807) is 30.0 Å². The Kier molecular flexibility index (Phi) is 3.93. The van der Waals surface area contributed by atoms with Gasteiger partial charge in [-0.2, -0.15) is 0 Å². The van der Waals surface area contributed by atoms with Crippen molar-refractivity contribution < 1.29 is 9.59 Å². The fourth-order valence-electron chi connectivity index (χ4n) is 4.49. The topological polar surface area (TPSA) is 56.4 Å². The Morgan fingerprint density at radius 1 is 1.07 bits per heavy atom. The predicted octanol–water partition coefficient (Wildman–Crippen LogP) is 4.77. The molecule has 1 aromatic heterocycles. The zero-order valence-electron chi connectivity index (χ0n) is 15.1. The molecule has 2 aromatic carbocycles. The minimum atomic E-state index is -0.559. The number of urea groups is 1. The fourth-order valence-corrected chi connectivity index (χ4v) is 5.10. The quantitative estimate of drug-likeness (QED) is 0.614. The Labute approximate surface area is 171 Å². The summed E-state index contributed by atoms with van der Waals surface area (Å²) in [5.74, 6) is -0.170. The summed E-state index contributed by atoms with van der Waals surface area (Å²) in [5.41, 5.74) is 3.51. The van der Waals surface area contributed by atoms with Gasteiger partial charge in [-0.25, -0.2) is 4.79 Å². The second kappa shape index (κ2) is 6.26. The number of halogens is 2. The van der Waals surface area contributed by atoms with Gasteiger partial charge in [0.05, 0.1) is 0 Å². The Morgan fingerprint density at radius 2 is 1.79 bits per heavy atom. The number of hydrogen-bond acceptors (Lipinski definition) is 2. The van der Waals surface area contributed by atoms with Gasteiger partial charge in [0.15, 0.2) is 0 Å². The number of benzene rings is 2. The lowest BCUT2D eigenvalue weighted by Gasteiger charge is -2.36. The number of nitrogens with zero attached hydrogens (tertiary/aromatic N) is 2. The summed E-state index contributed by atoms with van der Waals surface area (Å²) in [7, 11) is 0. The molecule has 2 aliphatic heterocycles.